The summed E-state index contributed by atoms with van der Waals surface area (Å²) >= 11 is 0. The van der Waals surface area contributed by atoms with Gasteiger partial charge in [-0.25, -0.2) is 0 Å². The van der Waals surface area contributed by atoms with Crippen molar-refractivity contribution in [3.05, 3.63) is 0 Å². The summed E-state index contributed by atoms with van der Waals surface area (Å²) < 4.78 is 0. The van der Waals surface area contributed by atoms with Crippen LogP contribution in [0.5, 0.6) is 0 Å². The van der Waals surface area contributed by atoms with Crippen molar-refractivity contribution in [2.24, 2.45) is 11.5 Å². The number of carboxylic acid groups (broad SMARTS) is 4. The van der Waals surface area contributed by atoms with Crippen LogP contribution in [-0.4, -0.2) is 73.4 Å². The van der Waals surface area contributed by atoms with Crippen LogP contribution in [0.25, 0.3) is 0 Å². The lowest BCUT2D eigenvalue weighted by atomic mass is 10.2. The Bertz CT molecular complexity index is 270. The van der Waals surface area contributed by atoms with Crippen molar-refractivity contribution in [3.63, 3.8) is 0 Å². The van der Waals surface area contributed by atoms with Crippen LogP contribution in [0.3, 0.4) is 0 Å². The van der Waals surface area contributed by atoms with Crippen molar-refractivity contribution in [1.82, 2.24) is 0 Å². The highest BCUT2D eigenvalue weighted by Crippen LogP contribution is 1.88. The minimum absolute atomic E-state index is 0.149. The van der Waals surface area contributed by atoms with Crippen LogP contribution in [0.15, 0.2) is 0 Å². The molecule has 0 heterocycles. The molecule has 1 atom stereocenters. The first-order valence-corrected chi connectivity index (χ1v) is 6.19. The van der Waals surface area contributed by atoms with Gasteiger partial charge in [0.2, 0.25) is 0 Å². The van der Waals surface area contributed by atoms with Gasteiger partial charge in [-0.05, 0) is 0 Å². The molecule has 12 nitrogen and oxygen atoms in total. The smallest absolute Gasteiger partial charge is 0.300 e. The number of aliphatic carboxylic acids is 4. The van der Waals surface area contributed by atoms with Crippen LogP contribution < -0.4 is 11.5 Å². The lowest BCUT2D eigenvalue weighted by Crippen LogP contribution is -2.33. The number of aliphatic hydroxyl groups is 2. The quantitative estimate of drug-likeness (QED) is 0.263. The van der Waals surface area contributed by atoms with E-state index in [0.717, 1.165) is 27.7 Å². The molecule has 0 saturated heterocycles. The zero-order chi connectivity index (χ0) is 20.9. The molecule has 24 heavy (non-hydrogen) atoms. The summed E-state index contributed by atoms with van der Waals surface area (Å²) in [5, 5.41) is 46.2. The summed E-state index contributed by atoms with van der Waals surface area (Å²) in [7, 11) is 0. The third kappa shape index (κ3) is 499. The Hall–Kier alpha value is -2.28. The second-order valence-electron chi connectivity index (χ2n) is 3.79. The van der Waals surface area contributed by atoms with E-state index >= 15 is 0 Å². The molecular weight excluding hydrogens is 332 g/mol. The number of nitrogens with two attached hydrogens (primary N) is 2. The van der Waals surface area contributed by atoms with Gasteiger partial charge >= 0.3 is 0 Å². The Morgan fingerprint density at radius 2 is 0.917 bits per heavy atom. The highest BCUT2D eigenvalue weighted by Gasteiger charge is 2.03. The molecule has 1 unspecified atom stereocenters. The first-order valence-electron chi connectivity index (χ1n) is 6.19. The Morgan fingerprint density at radius 3 is 0.958 bits per heavy atom. The van der Waals surface area contributed by atoms with Gasteiger partial charge in [-0.1, -0.05) is 0 Å². The molecule has 0 aliphatic rings. The molecule has 0 saturated carbocycles. The topological polar surface area (TPSA) is 242 Å². The Kier molecular flexibility index (Phi) is 35.7. The zero-order valence-corrected chi connectivity index (χ0v) is 14.0. The first-order chi connectivity index (χ1) is 10.6. The molecule has 12 heteroatoms. The third-order valence-electron chi connectivity index (χ3n) is 0.816. The van der Waals surface area contributed by atoms with Crippen LogP contribution in [-0.2, 0) is 19.2 Å². The van der Waals surface area contributed by atoms with Crippen molar-refractivity contribution in [2.45, 2.75) is 46.4 Å². The molecule has 0 amide bonds. The fourth-order valence-electron chi connectivity index (χ4n) is 0.367. The number of hydrogen-bond acceptors (Lipinski definition) is 8. The SMILES string of the molecule is CC(=O)O.CC(=O)O.CC(=O)O.CC(=O)O.NCC(N)CC(O)O. The van der Waals surface area contributed by atoms with E-state index in [1.165, 1.54) is 0 Å². The van der Waals surface area contributed by atoms with Crippen LogP contribution in [0.1, 0.15) is 34.1 Å². The number of carboxylic acids is 4. The zero-order valence-electron chi connectivity index (χ0n) is 14.0. The highest BCUT2D eigenvalue weighted by atomic mass is 16.5. The second-order valence-corrected chi connectivity index (χ2v) is 3.79. The van der Waals surface area contributed by atoms with Crippen LogP contribution in [0.4, 0.5) is 0 Å². The lowest BCUT2D eigenvalue weighted by Gasteiger charge is -2.08. The van der Waals surface area contributed by atoms with Gasteiger partial charge in [0.05, 0.1) is 0 Å². The van der Waals surface area contributed by atoms with Crippen LogP contribution in [0.2, 0.25) is 0 Å². The predicted molar refractivity (Wildman–Crippen MR) is 83.1 cm³/mol. The molecule has 146 valence electrons. The molecule has 0 aliphatic carbocycles. The molecule has 0 fully saturated rings. The van der Waals surface area contributed by atoms with Gasteiger partial charge < -0.3 is 42.1 Å². The summed E-state index contributed by atoms with van der Waals surface area (Å²) in [6.07, 6.45) is -1.18. The molecule has 0 aromatic heterocycles. The van der Waals surface area contributed by atoms with E-state index in [1.807, 2.05) is 0 Å². The third-order valence-corrected chi connectivity index (χ3v) is 0.816. The molecule has 0 aliphatic heterocycles. The van der Waals surface area contributed by atoms with Crippen molar-refractivity contribution < 1.29 is 49.8 Å². The molecule has 0 aromatic carbocycles. The molecule has 0 spiro atoms. The maximum Gasteiger partial charge on any atom is 0.300 e. The molecular formula is C12H28N2O10. The number of aliphatic hydroxyl groups excluding tert-OH is 1. The van der Waals surface area contributed by atoms with E-state index in [2.05, 4.69) is 0 Å². The molecule has 10 N–H and O–H groups in total. The van der Waals surface area contributed by atoms with Gasteiger partial charge in [-0.2, -0.15) is 0 Å². The van der Waals surface area contributed by atoms with E-state index in [1.54, 1.807) is 0 Å². The molecule has 0 bridgehead atoms. The van der Waals surface area contributed by atoms with Crippen LogP contribution in [0, 0.1) is 0 Å². The minimum atomic E-state index is -1.33. The van der Waals surface area contributed by atoms with E-state index in [4.69, 9.17) is 61.3 Å². The van der Waals surface area contributed by atoms with E-state index < -0.39 is 30.2 Å². The second kappa shape index (κ2) is 25.7. The van der Waals surface area contributed by atoms with Gasteiger partial charge in [0.1, 0.15) is 0 Å². The minimum Gasteiger partial charge on any atom is -0.481 e. The molecule has 0 rings (SSSR count). The largest absolute Gasteiger partial charge is 0.481 e. The Labute approximate surface area is 139 Å². The molecule has 0 radical (unpaired) electrons. The summed E-state index contributed by atoms with van der Waals surface area (Å²) in [6, 6.07) is -0.296. The van der Waals surface area contributed by atoms with Crippen molar-refractivity contribution in [3.8, 4) is 0 Å². The monoisotopic (exact) mass is 360 g/mol. The maximum absolute atomic E-state index is 9.00. The Morgan fingerprint density at radius 1 is 0.750 bits per heavy atom. The summed E-state index contributed by atoms with van der Waals surface area (Å²) in [5.41, 5.74) is 10.3. The fraction of sp³-hybridized carbons (Fsp3) is 0.667. The average molecular weight is 360 g/mol. The van der Waals surface area contributed by atoms with Crippen molar-refractivity contribution in [1.29, 1.82) is 0 Å². The van der Waals surface area contributed by atoms with Gasteiger partial charge in [0.25, 0.3) is 23.9 Å². The van der Waals surface area contributed by atoms with E-state index in [9.17, 15) is 0 Å². The standard InChI is InChI=1S/C4H12N2O2.4C2H4O2/c5-2-3(6)1-4(7)8;4*1-2(3)4/h3-4,7-8H,1-2,5-6H2;4*1H3,(H,3,4). The van der Waals surface area contributed by atoms with Crippen molar-refractivity contribution in [2.75, 3.05) is 6.54 Å². The van der Waals surface area contributed by atoms with E-state index in [-0.39, 0.29) is 19.0 Å². The van der Waals surface area contributed by atoms with Crippen molar-refractivity contribution >= 4 is 23.9 Å². The maximum atomic E-state index is 9.00. The fourth-order valence-corrected chi connectivity index (χ4v) is 0.367. The number of carbonyl (C=O) groups is 4. The van der Waals surface area contributed by atoms with Gasteiger partial charge in [-0.3, -0.25) is 19.2 Å². The highest BCUT2D eigenvalue weighted by molar-refractivity contribution is 5.63. The van der Waals surface area contributed by atoms with Crippen LogP contribution >= 0.6 is 0 Å². The Balaban J connectivity index is -0.0000000657. The van der Waals surface area contributed by atoms with Gasteiger partial charge in [0, 0.05) is 46.7 Å². The lowest BCUT2D eigenvalue weighted by molar-refractivity contribution is -0.135. The normalized spacial score (nSPS) is 9.04. The van der Waals surface area contributed by atoms with Gasteiger partial charge in [0.15, 0.2) is 6.29 Å². The predicted octanol–water partition coefficient (Wildman–Crippen LogP) is -1.66. The number of rotatable bonds is 3. The summed E-state index contributed by atoms with van der Waals surface area (Å²) in [4.78, 5) is 36.0. The first kappa shape index (κ1) is 33.4. The average Bonchev–Trinajstić information content (AvgIpc) is 2.24. The summed E-state index contributed by atoms with van der Waals surface area (Å²) in [5.74, 6) is -3.33. The number of hydrogen-bond donors (Lipinski definition) is 8. The molecule has 0 aromatic rings. The summed E-state index contributed by atoms with van der Waals surface area (Å²) in [6.45, 7) is 4.62. The van der Waals surface area contributed by atoms with Gasteiger partial charge in [-0.15, -0.1) is 0 Å². The van der Waals surface area contributed by atoms with E-state index in [0.29, 0.717) is 0 Å².